The molecule has 1 heterocycles. The van der Waals surface area contributed by atoms with Crippen LogP contribution in [0.4, 0.5) is 5.69 Å². The summed E-state index contributed by atoms with van der Waals surface area (Å²) in [7, 11) is -2.08. The van der Waals surface area contributed by atoms with Crippen molar-refractivity contribution in [3.63, 3.8) is 0 Å². The number of hydrogen-bond acceptors (Lipinski definition) is 4. The monoisotopic (exact) mass is 346 g/mol. The number of hydrogen-bond donors (Lipinski definition) is 1. The molecule has 1 amide bonds. The van der Waals surface area contributed by atoms with Crippen LogP contribution in [-0.4, -0.2) is 27.5 Å². The lowest BCUT2D eigenvalue weighted by molar-refractivity contribution is -0.125. The molecule has 2 aromatic rings. The number of amides is 1. The van der Waals surface area contributed by atoms with Crippen molar-refractivity contribution in [1.82, 2.24) is 4.72 Å². The van der Waals surface area contributed by atoms with Gasteiger partial charge in [-0.15, -0.1) is 0 Å². The number of nitrogens with one attached hydrogen (secondary N) is 1. The van der Waals surface area contributed by atoms with Crippen LogP contribution in [0.15, 0.2) is 53.4 Å². The summed E-state index contributed by atoms with van der Waals surface area (Å²) >= 11 is 0. The predicted octanol–water partition coefficient (Wildman–Crippen LogP) is 1.91. The molecule has 1 unspecified atom stereocenters. The van der Waals surface area contributed by atoms with Crippen LogP contribution in [0.5, 0.6) is 5.75 Å². The number of fused-ring (bicyclic) bond motifs is 1. The Morgan fingerprint density at radius 3 is 2.58 bits per heavy atom. The number of benzene rings is 2. The molecule has 6 nitrogen and oxygen atoms in total. The lowest BCUT2D eigenvalue weighted by atomic mass is 10.2. The molecule has 0 bridgehead atoms. The van der Waals surface area contributed by atoms with Crippen LogP contribution in [0.3, 0.4) is 0 Å². The second kappa shape index (κ2) is 6.26. The molecule has 0 aliphatic carbocycles. The summed E-state index contributed by atoms with van der Waals surface area (Å²) in [5.41, 5.74) is 1.31. The molecule has 3 rings (SSSR count). The maximum Gasteiger partial charge on any atom is 0.267 e. The number of ether oxygens (including phenoxy) is 1. The van der Waals surface area contributed by atoms with Crippen LogP contribution in [-0.2, 0) is 21.4 Å². The van der Waals surface area contributed by atoms with Crippen molar-refractivity contribution in [2.75, 3.05) is 11.9 Å². The number of carbonyl (C=O) groups is 1. The number of rotatable bonds is 4. The van der Waals surface area contributed by atoms with E-state index in [0.717, 1.165) is 5.56 Å². The van der Waals surface area contributed by atoms with Crippen LogP contribution in [0.2, 0.25) is 0 Å². The highest BCUT2D eigenvalue weighted by atomic mass is 32.2. The van der Waals surface area contributed by atoms with Crippen LogP contribution in [0.25, 0.3) is 0 Å². The Morgan fingerprint density at radius 1 is 1.17 bits per heavy atom. The minimum atomic E-state index is -3.69. The van der Waals surface area contributed by atoms with Gasteiger partial charge in [-0.1, -0.05) is 30.3 Å². The van der Waals surface area contributed by atoms with Crippen molar-refractivity contribution in [3.8, 4) is 5.75 Å². The third kappa shape index (κ3) is 3.13. The van der Waals surface area contributed by atoms with Crippen molar-refractivity contribution >= 4 is 21.6 Å². The normalized spacial score (nSPS) is 17.3. The first-order chi connectivity index (χ1) is 11.4. The van der Waals surface area contributed by atoms with Gasteiger partial charge in [0.2, 0.25) is 10.0 Å². The molecule has 126 valence electrons. The van der Waals surface area contributed by atoms with Gasteiger partial charge in [0.05, 0.1) is 10.6 Å². The van der Waals surface area contributed by atoms with Crippen molar-refractivity contribution in [1.29, 1.82) is 0 Å². The Bertz CT molecular complexity index is 865. The summed E-state index contributed by atoms with van der Waals surface area (Å²) in [6.07, 6.45) is -0.582. The molecular weight excluding hydrogens is 328 g/mol. The van der Waals surface area contributed by atoms with E-state index >= 15 is 0 Å². The van der Waals surface area contributed by atoms with Crippen molar-refractivity contribution in [2.24, 2.45) is 0 Å². The smallest absolute Gasteiger partial charge is 0.267 e. The number of nitrogens with zero attached hydrogens (tertiary/aromatic N) is 1. The van der Waals surface area contributed by atoms with Crippen LogP contribution in [0, 0.1) is 0 Å². The van der Waals surface area contributed by atoms with E-state index in [2.05, 4.69) is 4.72 Å². The molecule has 0 radical (unpaired) electrons. The van der Waals surface area contributed by atoms with E-state index in [1.807, 2.05) is 30.3 Å². The number of anilines is 1. The summed E-state index contributed by atoms with van der Waals surface area (Å²) in [6, 6.07) is 13.8. The van der Waals surface area contributed by atoms with Gasteiger partial charge in [0.15, 0.2) is 6.10 Å². The fourth-order valence-corrected chi connectivity index (χ4v) is 3.55. The van der Waals surface area contributed by atoms with Crippen LogP contribution in [0.1, 0.15) is 12.5 Å². The highest BCUT2D eigenvalue weighted by molar-refractivity contribution is 7.89. The Kier molecular flexibility index (Phi) is 4.29. The first kappa shape index (κ1) is 16.5. The van der Waals surface area contributed by atoms with E-state index in [4.69, 9.17) is 4.74 Å². The van der Waals surface area contributed by atoms with Gasteiger partial charge in [0.25, 0.3) is 5.91 Å². The molecule has 0 spiro atoms. The molecule has 0 aromatic heterocycles. The van der Waals surface area contributed by atoms with Gasteiger partial charge in [-0.25, -0.2) is 13.1 Å². The van der Waals surface area contributed by atoms with Gasteiger partial charge in [-0.05, 0) is 30.7 Å². The van der Waals surface area contributed by atoms with Gasteiger partial charge >= 0.3 is 0 Å². The first-order valence-electron chi connectivity index (χ1n) is 7.50. The molecule has 2 aromatic carbocycles. The fourth-order valence-electron chi connectivity index (χ4n) is 2.52. The van der Waals surface area contributed by atoms with E-state index in [1.165, 1.54) is 17.0 Å². The van der Waals surface area contributed by atoms with Crippen LogP contribution >= 0.6 is 0 Å². The molecule has 1 atom stereocenters. The third-order valence-corrected chi connectivity index (χ3v) is 5.29. The van der Waals surface area contributed by atoms with Gasteiger partial charge in [0.1, 0.15) is 5.75 Å². The lowest BCUT2D eigenvalue weighted by Gasteiger charge is -2.30. The SMILES string of the molecule is CC1Oc2ccc(S(=O)(=O)NCc3ccccc3)cc2N(C)C1=O. The summed E-state index contributed by atoms with van der Waals surface area (Å²) in [6.45, 7) is 1.86. The van der Waals surface area contributed by atoms with E-state index < -0.39 is 16.1 Å². The zero-order valence-corrected chi connectivity index (χ0v) is 14.2. The van der Waals surface area contributed by atoms with Crippen molar-refractivity contribution in [2.45, 2.75) is 24.5 Å². The van der Waals surface area contributed by atoms with Gasteiger partial charge in [-0.2, -0.15) is 0 Å². The van der Waals surface area contributed by atoms with E-state index in [1.54, 1.807) is 20.0 Å². The predicted molar refractivity (Wildman–Crippen MR) is 90.4 cm³/mol. The highest BCUT2D eigenvalue weighted by Crippen LogP contribution is 2.35. The van der Waals surface area contributed by atoms with E-state index in [-0.39, 0.29) is 17.3 Å². The molecule has 1 N–H and O–H groups in total. The zero-order chi connectivity index (χ0) is 17.3. The average Bonchev–Trinajstić information content (AvgIpc) is 2.59. The van der Waals surface area contributed by atoms with Crippen molar-refractivity contribution < 1.29 is 17.9 Å². The maximum atomic E-state index is 12.5. The second-order valence-electron chi connectivity index (χ2n) is 5.60. The van der Waals surface area contributed by atoms with E-state index in [9.17, 15) is 13.2 Å². The standard InChI is InChI=1S/C17H18N2O4S/c1-12-17(20)19(2)15-10-14(8-9-16(15)23-12)24(21,22)18-11-13-6-4-3-5-7-13/h3-10,12,18H,11H2,1-2H3. The Labute approximate surface area is 141 Å². The molecule has 0 saturated carbocycles. The molecule has 24 heavy (non-hydrogen) atoms. The number of carbonyl (C=O) groups excluding carboxylic acids is 1. The average molecular weight is 346 g/mol. The molecule has 7 heteroatoms. The maximum absolute atomic E-state index is 12.5. The van der Waals surface area contributed by atoms with E-state index in [0.29, 0.717) is 11.4 Å². The molecule has 0 fully saturated rings. The van der Waals surface area contributed by atoms with Gasteiger partial charge in [0, 0.05) is 13.6 Å². The Morgan fingerprint density at radius 2 is 1.88 bits per heavy atom. The van der Waals surface area contributed by atoms with Crippen molar-refractivity contribution in [3.05, 3.63) is 54.1 Å². The minimum Gasteiger partial charge on any atom is -0.479 e. The van der Waals surface area contributed by atoms with Crippen LogP contribution < -0.4 is 14.4 Å². The Balaban J connectivity index is 1.85. The summed E-state index contributed by atoms with van der Waals surface area (Å²) < 4.78 is 33.0. The molecule has 1 aliphatic rings. The first-order valence-corrected chi connectivity index (χ1v) is 8.98. The fraction of sp³-hybridized carbons (Fsp3) is 0.235. The molecule has 0 saturated heterocycles. The quantitative estimate of drug-likeness (QED) is 0.917. The summed E-state index contributed by atoms with van der Waals surface area (Å²) in [4.78, 5) is 13.5. The zero-order valence-electron chi connectivity index (χ0n) is 13.4. The minimum absolute atomic E-state index is 0.0926. The summed E-state index contributed by atoms with van der Waals surface area (Å²) in [5, 5.41) is 0. The highest BCUT2D eigenvalue weighted by Gasteiger charge is 2.30. The third-order valence-electron chi connectivity index (χ3n) is 3.89. The number of sulfonamides is 1. The molecule has 1 aliphatic heterocycles. The second-order valence-corrected chi connectivity index (χ2v) is 7.36. The van der Waals surface area contributed by atoms with Gasteiger partial charge in [-0.3, -0.25) is 4.79 Å². The topological polar surface area (TPSA) is 75.7 Å². The number of likely N-dealkylation sites (N-methyl/N-ethyl adjacent to an activating group) is 1. The largest absolute Gasteiger partial charge is 0.479 e. The Hall–Kier alpha value is -2.38. The summed E-state index contributed by atoms with van der Waals surface area (Å²) in [5.74, 6) is 0.279. The molecular formula is C17H18N2O4S. The van der Waals surface area contributed by atoms with Gasteiger partial charge < -0.3 is 9.64 Å². The lowest BCUT2D eigenvalue weighted by Crippen LogP contribution is -2.42.